The molecular weight excluding hydrogens is 1510 g/mol. The van der Waals surface area contributed by atoms with Gasteiger partial charge in [0.1, 0.15) is 60.4 Å². The highest BCUT2D eigenvalue weighted by molar-refractivity contribution is 6.30. The van der Waals surface area contributed by atoms with Crippen LogP contribution in [0.25, 0.3) is 31.3 Å². The predicted molar refractivity (Wildman–Crippen MR) is 380 cm³/mol. The zero-order chi connectivity index (χ0) is 81.6. The number of nitrogens with one attached hydrogen (secondary N) is 3. The average Bonchev–Trinajstić information content (AvgIpc) is 1.61. The van der Waals surface area contributed by atoms with Crippen molar-refractivity contribution in [1.82, 2.24) is 28.7 Å². The summed E-state index contributed by atoms with van der Waals surface area (Å²) in [6.07, 6.45) is -14.6. The van der Waals surface area contributed by atoms with Gasteiger partial charge in [0, 0.05) is 38.3 Å². The molecule has 8 rings (SSSR count). The van der Waals surface area contributed by atoms with Crippen molar-refractivity contribution < 1.29 is 105 Å². The second-order valence-electron chi connectivity index (χ2n) is 25.2. The summed E-state index contributed by atoms with van der Waals surface area (Å²) in [4.78, 5) is 128. The molecule has 110 heavy (non-hydrogen) atoms. The number of carbonyl (C=O) groups is 6. The fourth-order valence-corrected chi connectivity index (χ4v) is 10.5. The number of aliphatic hydroxyl groups excluding tert-OH is 4. The average molecular weight is 1600 g/mol. The fraction of sp³-hybridized carbons (Fsp3) is 0.531. The molecule has 3 aromatic heterocycles. The van der Waals surface area contributed by atoms with E-state index in [0.29, 0.717) is 4.57 Å². The molecule has 3 aliphatic heterocycles. The number of anilines is 3. The summed E-state index contributed by atoms with van der Waals surface area (Å²) in [5.74, 6) is -5.13. The second kappa shape index (κ2) is 41.2. The standard InChI is InChI=1S/C29H28ClFN6O8.C15H21FN6O6.C14H19FN6O6.C6H13NO2.ClH/c1-16(2)22(27(40)42-3)33-20-12-13-37(28(41)34-20)24-21(31)23(44-26(39)17-8-5-4-6-9-17)29(45-24,35-36-32)15-43-25(38)18-10-7-11-19(30)14-18;1-7(2)10(13(25)27-3)18-8-4-5-22(14(26)19-8)12-9(16)11(24)15(6-23,28-12)20-21-17;1-6(2)9(12(24)25)17-7-3-4-21(13(26)18-7)11-8(15)10(23)14(5-22,27-11)19-20-16;1-4(2)5(7)6(8)9-3;/h4-14,16,21-24H,15H2,1-3H3,(H,33,34,41);4-5,7,9-12,23-24H,6H2,1-3H3,(H,18,19,26);3-4,6,8-11,22-23H,5H2,1-2H3,(H,24,25)(H,17,18,26);4-5H,7H2,1-3H3;1H/t21-,22+,23?,24?,29+;9-,10+,11?,12?,15+;8-,9+,10?,11?,14+;5-;/m0001./s1. The monoisotopic (exact) mass is 1600 g/mol. The Balaban J connectivity index is 0.000000341. The molecule has 5 aromatic rings. The molecule has 0 aliphatic carbocycles. The van der Waals surface area contributed by atoms with Crippen LogP contribution in [0.5, 0.6) is 0 Å². The van der Waals surface area contributed by atoms with Gasteiger partial charge < -0.3 is 85.1 Å². The molecule has 3 fully saturated rings. The lowest BCUT2D eigenvalue weighted by Gasteiger charge is -2.28. The van der Waals surface area contributed by atoms with Gasteiger partial charge in [-0.3, -0.25) is 18.5 Å². The smallest absolute Gasteiger partial charge is 0.351 e. The largest absolute Gasteiger partial charge is 0.480 e. The summed E-state index contributed by atoms with van der Waals surface area (Å²) in [5, 5.41) is 66.0. The number of carboxylic acids is 1. The molecule has 0 radical (unpaired) electrons. The van der Waals surface area contributed by atoms with Gasteiger partial charge in [-0.2, -0.15) is 15.0 Å². The minimum absolute atomic E-state index is 0. The van der Waals surface area contributed by atoms with E-state index < -0.39 is 164 Å². The molecular formula is C64H82Cl2F3N19O22. The Morgan fingerprint density at radius 3 is 1.28 bits per heavy atom. The fourth-order valence-electron chi connectivity index (χ4n) is 10.3. The van der Waals surface area contributed by atoms with Crippen LogP contribution in [-0.2, 0) is 57.1 Å². The molecule has 600 valence electrons. The number of hydrogen-bond donors (Lipinski definition) is 9. The number of nitrogens with two attached hydrogens (primary N) is 1. The van der Waals surface area contributed by atoms with E-state index in [1.54, 1.807) is 59.7 Å². The number of aliphatic carboxylic acids is 1. The van der Waals surface area contributed by atoms with E-state index in [1.165, 1.54) is 75.9 Å². The minimum Gasteiger partial charge on any atom is -0.480 e. The van der Waals surface area contributed by atoms with E-state index >= 15 is 4.39 Å². The summed E-state index contributed by atoms with van der Waals surface area (Å²) in [5.41, 5.74) is 22.0. The molecule has 6 unspecified atom stereocenters. The topological polar surface area (TPSA) is 590 Å². The van der Waals surface area contributed by atoms with Crippen LogP contribution < -0.4 is 38.8 Å². The van der Waals surface area contributed by atoms with E-state index in [2.05, 4.69) is 65.7 Å². The maximum absolute atomic E-state index is 16.3. The molecule has 16 atom stereocenters. The molecule has 10 N–H and O–H groups in total. The predicted octanol–water partition coefficient (Wildman–Crippen LogP) is 5.10. The van der Waals surface area contributed by atoms with Gasteiger partial charge in [0.25, 0.3) is 0 Å². The third kappa shape index (κ3) is 22.3. The number of hydrogen-bond acceptors (Lipinski definition) is 31. The van der Waals surface area contributed by atoms with Gasteiger partial charge in [0.15, 0.2) is 43.3 Å². The lowest BCUT2D eigenvalue weighted by atomic mass is 10.0. The van der Waals surface area contributed by atoms with Crippen molar-refractivity contribution in [2.75, 3.05) is 57.1 Å². The van der Waals surface area contributed by atoms with Crippen LogP contribution in [0.1, 0.15) is 94.8 Å². The van der Waals surface area contributed by atoms with Crippen LogP contribution in [-0.4, -0.2) is 209 Å². The molecule has 3 saturated heterocycles. The molecule has 41 nitrogen and oxygen atoms in total. The van der Waals surface area contributed by atoms with Crippen molar-refractivity contribution in [3.8, 4) is 0 Å². The third-order valence-electron chi connectivity index (χ3n) is 16.5. The first-order valence-electron chi connectivity index (χ1n) is 32.7. The quantitative estimate of drug-likeness (QED) is 0.0109. The van der Waals surface area contributed by atoms with Gasteiger partial charge >= 0.3 is 52.9 Å². The number of aliphatic hydroxyl groups is 4. The third-order valence-corrected chi connectivity index (χ3v) is 16.7. The van der Waals surface area contributed by atoms with Crippen LogP contribution in [0, 0.1) is 23.7 Å². The zero-order valence-corrected chi connectivity index (χ0v) is 62.1. The van der Waals surface area contributed by atoms with Gasteiger partial charge in [-0.05, 0) is 88.8 Å². The van der Waals surface area contributed by atoms with Gasteiger partial charge in [-0.15, -0.1) is 12.4 Å². The van der Waals surface area contributed by atoms with Gasteiger partial charge in [-0.1, -0.05) is 107 Å². The van der Waals surface area contributed by atoms with Gasteiger partial charge in [-0.25, -0.2) is 51.5 Å². The number of carbonyl (C=O) groups excluding carboxylic acids is 5. The molecule has 0 saturated carbocycles. The van der Waals surface area contributed by atoms with Crippen LogP contribution in [0.15, 0.2) is 121 Å². The highest BCUT2D eigenvalue weighted by Crippen LogP contribution is 2.44. The molecule has 2 aromatic carbocycles. The Hall–Kier alpha value is -10.7. The highest BCUT2D eigenvalue weighted by Gasteiger charge is 2.61. The number of alkyl halides is 3. The number of ether oxygens (including phenoxy) is 8. The van der Waals surface area contributed by atoms with Crippen LogP contribution in [0.2, 0.25) is 5.02 Å². The summed E-state index contributed by atoms with van der Waals surface area (Å²) in [6, 6.07) is 14.1. The summed E-state index contributed by atoms with van der Waals surface area (Å²) >= 11 is 5.96. The molecule has 0 bridgehead atoms. The zero-order valence-electron chi connectivity index (χ0n) is 60.5. The number of halogens is 5. The van der Waals surface area contributed by atoms with Crippen molar-refractivity contribution in [2.24, 2.45) is 44.7 Å². The Bertz CT molecular complexity index is 4350. The van der Waals surface area contributed by atoms with E-state index in [0.717, 1.165) is 27.7 Å². The van der Waals surface area contributed by atoms with Gasteiger partial charge in [0.2, 0.25) is 17.2 Å². The lowest BCUT2D eigenvalue weighted by Crippen LogP contribution is -2.47. The maximum Gasteiger partial charge on any atom is 0.351 e. The van der Waals surface area contributed by atoms with Crippen molar-refractivity contribution in [3.63, 3.8) is 0 Å². The molecule has 0 amide bonds. The first-order chi connectivity index (χ1) is 51.4. The van der Waals surface area contributed by atoms with Crippen molar-refractivity contribution >= 4 is 77.3 Å². The first-order valence-corrected chi connectivity index (χ1v) is 33.0. The summed E-state index contributed by atoms with van der Waals surface area (Å²) in [7, 11) is 3.78. The Morgan fingerprint density at radius 1 is 0.573 bits per heavy atom. The number of rotatable bonds is 27. The minimum atomic E-state index is -2.46. The highest BCUT2D eigenvalue weighted by atomic mass is 35.5. The molecule has 0 spiro atoms. The number of benzene rings is 2. The van der Waals surface area contributed by atoms with E-state index in [1.807, 2.05) is 13.8 Å². The first kappa shape index (κ1) is 91.7. The SMILES string of the molecule is CC(C)[C@@H](Nc1ccn(C2O[C@@](CO)(N=[N+]=[N-])C(O)[C@@H]2F)c(=O)n1)C(=O)O.COC(=O)[C@H](N)C(C)C.COC(=O)[C@H](Nc1ccn(C2O[C@@](CO)(N=[N+]=[N-])C(O)[C@@H]2F)c(=O)n1)C(C)C.COC(=O)[C@H](Nc1ccn(C2O[C@@](COC(=O)c3cccc(Cl)c3)(N=[N+]=[N-])C(OC(=O)c3ccccc3)[C@@H]2F)c(=O)n1)C(C)C.Cl. The van der Waals surface area contributed by atoms with Crippen molar-refractivity contribution in [3.05, 3.63) is 170 Å². The van der Waals surface area contributed by atoms with Crippen molar-refractivity contribution in [1.29, 1.82) is 0 Å². The molecule has 6 heterocycles. The van der Waals surface area contributed by atoms with Crippen LogP contribution in [0.4, 0.5) is 30.6 Å². The second-order valence-corrected chi connectivity index (χ2v) is 25.7. The summed E-state index contributed by atoms with van der Waals surface area (Å²) < 4.78 is 88.1. The molecule has 3 aliphatic rings. The lowest BCUT2D eigenvalue weighted by molar-refractivity contribution is -0.143. The number of carboxylic acid groups (broad SMARTS) is 1. The van der Waals surface area contributed by atoms with Crippen LogP contribution >= 0.6 is 24.0 Å². The number of azide groups is 3. The Labute approximate surface area is 633 Å². The van der Waals surface area contributed by atoms with E-state index in [4.69, 9.17) is 66.7 Å². The number of esters is 5. The van der Waals surface area contributed by atoms with E-state index in [-0.39, 0.29) is 75.7 Å². The number of methoxy groups -OCH3 is 3. The maximum atomic E-state index is 16.3. The molecule has 46 heteroatoms. The summed E-state index contributed by atoms with van der Waals surface area (Å²) in [6.45, 7) is 11.2. The van der Waals surface area contributed by atoms with Gasteiger partial charge in [0.05, 0.1) is 45.7 Å². The Kier molecular flexibility index (Phi) is 34.3. The Morgan fingerprint density at radius 2 is 0.945 bits per heavy atom. The van der Waals surface area contributed by atoms with E-state index in [9.17, 15) is 77.9 Å². The normalized spacial score (nSPS) is 23.9. The number of aromatic nitrogens is 6. The number of nitrogens with zero attached hydrogens (tertiary/aromatic N) is 15. The van der Waals surface area contributed by atoms with Crippen LogP contribution in [0.3, 0.4) is 0 Å². The van der Waals surface area contributed by atoms with Crippen molar-refractivity contribution in [2.45, 2.75) is 152 Å².